The Morgan fingerprint density at radius 2 is 1.96 bits per heavy atom. The van der Waals surface area contributed by atoms with Gasteiger partial charge in [0.05, 0.1) is 11.3 Å². The summed E-state index contributed by atoms with van der Waals surface area (Å²) in [4.78, 5) is 19.5. The lowest BCUT2D eigenvalue weighted by Gasteiger charge is -2.33. The van der Waals surface area contributed by atoms with Gasteiger partial charge in [0.2, 0.25) is 5.91 Å². The molecule has 1 aliphatic rings. The zero-order valence-corrected chi connectivity index (χ0v) is 15.9. The Balaban J connectivity index is 1.79. The predicted molar refractivity (Wildman–Crippen MR) is 102 cm³/mol. The average Bonchev–Trinajstić information content (AvgIpc) is 2.57. The first-order valence-electron chi connectivity index (χ1n) is 8.77. The first kappa shape index (κ1) is 17.3. The van der Waals surface area contributed by atoms with Crippen LogP contribution in [0.1, 0.15) is 42.9 Å². The van der Waals surface area contributed by atoms with Crippen molar-refractivity contribution in [1.82, 2.24) is 9.88 Å². The molecule has 1 fully saturated rings. The number of carbonyl (C=O) groups excluding carboxylic acids is 1. The van der Waals surface area contributed by atoms with Crippen LogP contribution in [0.2, 0.25) is 0 Å². The van der Waals surface area contributed by atoms with Crippen molar-refractivity contribution in [3.63, 3.8) is 0 Å². The smallest absolute Gasteiger partial charge is 0.233 e. The Hall–Kier alpha value is -1.55. The van der Waals surface area contributed by atoms with Crippen molar-refractivity contribution in [3.05, 3.63) is 34.9 Å². The Bertz CT molecular complexity index is 772. The zero-order chi connectivity index (χ0) is 17.3. The number of thioether (sulfide) groups is 1. The molecule has 1 amide bonds. The average molecular weight is 343 g/mol. The Morgan fingerprint density at radius 3 is 2.71 bits per heavy atom. The largest absolute Gasteiger partial charge is 0.339 e. The monoisotopic (exact) mass is 342 g/mol. The van der Waals surface area contributed by atoms with Crippen molar-refractivity contribution in [2.24, 2.45) is 0 Å². The third-order valence-electron chi connectivity index (χ3n) is 5.00. The summed E-state index contributed by atoms with van der Waals surface area (Å²) in [5.74, 6) is 0.726. The number of aryl methyl sites for hydroxylation is 3. The molecule has 1 aromatic carbocycles. The summed E-state index contributed by atoms with van der Waals surface area (Å²) in [6, 6.07) is 6.85. The van der Waals surface area contributed by atoms with Gasteiger partial charge in [0.15, 0.2) is 0 Å². The summed E-state index contributed by atoms with van der Waals surface area (Å²) < 4.78 is 0. The van der Waals surface area contributed by atoms with E-state index in [0.29, 0.717) is 11.8 Å². The van der Waals surface area contributed by atoms with Gasteiger partial charge < -0.3 is 4.90 Å². The van der Waals surface area contributed by atoms with Crippen molar-refractivity contribution < 1.29 is 4.79 Å². The maximum atomic E-state index is 12.6. The van der Waals surface area contributed by atoms with Crippen LogP contribution >= 0.6 is 11.8 Å². The number of nitrogens with zero attached hydrogens (tertiary/aromatic N) is 2. The number of hydrogen-bond acceptors (Lipinski definition) is 3. The van der Waals surface area contributed by atoms with E-state index in [9.17, 15) is 4.79 Å². The number of rotatable bonds is 3. The van der Waals surface area contributed by atoms with Gasteiger partial charge in [0, 0.05) is 18.0 Å². The third-order valence-corrected chi connectivity index (χ3v) is 6.08. The second kappa shape index (κ2) is 7.14. The van der Waals surface area contributed by atoms with E-state index in [0.717, 1.165) is 35.5 Å². The summed E-state index contributed by atoms with van der Waals surface area (Å²) in [7, 11) is 0. The van der Waals surface area contributed by atoms with E-state index in [1.54, 1.807) is 11.8 Å². The number of carbonyl (C=O) groups is 1. The van der Waals surface area contributed by atoms with Gasteiger partial charge in [-0.25, -0.2) is 4.98 Å². The molecule has 2 aromatic rings. The van der Waals surface area contributed by atoms with Gasteiger partial charge in [-0.15, -0.1) is 0 Å². The summed E-state index contributed by atoms with van der Waals surface area (Å²) in [5.41, 5.74) is 4.65. The molecule has 0 aliphatic carbocycles. The molecule has 128 valence electrons. The summed E-state index contributed by atoms with van der Waals surface area (Å²) in [6.07, 6.45) is 3.50. The van der Waals surface area contributed by atoms with Crippen LogP contribution in [0.25, 0.3) is 10.9 Å². The lowest BCUT2D eigenvalue weighted by Crippen LogP contribution is -2.42. The number of aromatic nitrogens is 1. The fraction of sp³-hybridized carbons (Fsp3) is 0.500. The minimum Gasteiger partial charge on any atom is -0.339 e. The van der Waals surface area contributed by atoms with Gasteiger partial charge in [0.25, 0.3) is 0 Å². The number of piperidine rings is 1. The number of likely N-dealkylation sites (tertiary alicyclic amines) is 1. The molecular formula is C20H26N2OS. The lowest BCUT2D eigenvalue weighted by molar-refractivity contribution is -0.131. The van der Waals surface area contributed by atoms with Gasteiger partial charge in [-0.1, -0.05) is 23.9 Å². The maximum Gasteiger partial charge on any atom is 0.233 e. The van der Waals surface area contributed by atoms with Crippen LogP contribution in [0.4, 0.5) is 0 Å². The van der Waals surface area contributed by atoms with Gasteiger partial charge in [-0.05, 0) is 69.7 Å². The number of hydrogen-bond donors (Lipinski definition) is 0. The molecule has 2 heterocycles. The number of pyridine rings is 1. The minimum absolute atomic E-state index is 0.245. The lowest BCUT2D eigenvalue weighted by atomic mass is 10.0. The summed E-state index contributed by atoms with van der Waals surface area (Å²) in [5, 5.41) is 2.20. The Morgan fingerprint density at radius 1 is 1.21 bits per heavy atom. The third kappa shape index (κ3) is 3.44. The highest BCUT2D eigenvalue weighted by Crippen LogP contribution is 2.28. The minimum atomic E-state index is 0.245. The van der Waals surface area contributed by atoms with Crippen LogP contribution in [0.5, 0.6) is 0 Å². The molecule has 0 N–H and O–H groups in total. The fourth-order valence-electron chi connectivity index (χ4n) is 3.44. The SMILES string of the molecule is Cc1cc2c(C)ccc(C)c2nc1SCC(=O)N1CCCC[C@@H]1C. The van der Waals surface area contributed by atoms with E-state index >= 15 is 0 Å². The molecule has 1 aliphatic heterocycles. The summed E-state index contributed by atoms with van der Waals surface area (Å²) >= 11 is 1.58. The number of amides is 1. The van der Waals surface area contributed by atoms with Crippen molar-refractivity contribution in [3.8, 4) is 0 Å². The molecule has 1 saturated heterocycles. The number of fused-ring (bicyclic) bond motifs is 1. The van der Waals surface area contributed by atoms with Crippen LogP contribution < -0.4 is 0 Å². The first-order chi connectivity index (χ1) is 11.5. The topological polar surface area (TPSA) is 33.2 Å². The molecular weight excluding hydrogens is 316 g/mol. The van der Waals surface area contributed by atoms with E-state index < -0.39 is 0 Å². The molecule has 0 saturated carbocycles. The highest BCUT2D eigenvalue weighted by atomic mass is 32.2. The van der Waals surface area contributed by atoms with E-state index in [2.05, 4.69) is 45.9 Å². The quantitative estimate of drug-likeness (QED) is 0.761. The molecule has 24 heavy (non-hydrogen) atoms. The fourth-order valence-corrected chi connectivity index (χ4v) is 4.31. The molecule has 0 bridgehead atoms. The molecule has 1 atom stereocenters. The molecule has 0 spiro atoms. The predicted octanol–water partition coefficient (Wildman–Crippen LogP) is 4.65. The van der Waals surface area contributed by atoms with Crippen LogP contribution in [0.3, 0.4) is 0 Å². The standard InChI is InChI=1S/C20H26N2OS/c1-13-8-9-14(2)19-17(13)11-15(3)20(21-19)24-12-18(23)22-10-6-5-7-16(22)4/h8-9,11,16H,5-7,10,12H2,1-4H3/t16-/m0/s1. The van der Waals surface area contributed by atoms with E-state index in [1.807, 2.05) is 4.90 Å². The Kier molecular flexibility index (Phi) is 5.14. The first-order valence-corrected chi connectivity index (χ1v) is 9.75. The Labute approximate surface area is 148 Å². The zero-order valence-electron chi connectivity index (χ0n) is 15.1. The van der Waals surface area contributed by atoms with Crippen LogP contribution in [0, 0.1) is 20.8 Å². The maximum absolute atomic E-state index is 12.6. The second-order valence-corrected chi connectivity index (χ2v) is 7.89. The molecule has 0 radical (unpaired) electrons. The highest BCUT2D eigenvalue weighted by molar-refractivity contribution is 7.99. The van der Waals surface area contributed by atoms with Crippen molar-refractivity contribution >= 4 is 28.6 Å². The molecule has 3 nitrogen and oxygen atoms in total. The molecule has 4 heteroatoms. The van der Waals surface area contributed by atoms with Gasteiger partial charge in [-0.3, -0.25) is 4.79 Å². The normalized spacial score (nSPS) is 18.2. The van der Waals surface area contributed by atoms with Gasteiger partial charge >= 0.3 is 0 Å². The van der Waals surface area contributed by atoms with Crippen molar-refractivity contribution in [2.75, 3.05) is 12.3 Å². The molecule has 3 rings (SSSR count). The molecule has 0 unspecified atom stereocenters. The van der Waals surface area contributed by atoms with Crippen LogP contribution in [-0.4, -0.2) is 34.1 Å². The van der Waals surface area contributed by atoms with Gasteiger partial charge in [0.1, 0.15) is 5.03 Å². The number of benzene rings is 1. The highest BCUT2D eigenvalue weighted by Gasteiger charge is 2.23. The van der Waals surface area contributed by atoms with E-state index in [-0.39, 0.29) is 5.91 Å². The van der Waals surface area contributed by atoms with Crippen molar-refractivity contribution in [2.45, 2.75) is 58.0 Å². The van der Waals surface area contributed by atoms with Crippen LogP contribution in [-0.2, 0) is 4.79 Å². The second-order valence-electron chi connectivity index (χ2n) is 6.93. The van der Waals surface area contributed by atoms with Gasteiger partial charge in [-0.2, -0.15) is 0 Å². The molecule has 1 aromatic heterocycles. The summed E-state index contributed by atoms with van der Waals surface area (Å²) in [6.45, 7) is 9.37. The van der Waals surface area contributed by atoms with E-state index in [1.165, 1.54) is 22.9 Å². The van der Waals surface area contributed by atoms with Crippen LogP contribution in [0.15, 0.2) is 23.2 Å². The van der Waals surface area contributed by atoms with E-state index in [4.69, 9.17) is 4.98 Å². The van der Waals surface area contributed by atoms with Crippen molar-refractivity contribution in [1.29, 1.82) is 0 Å².